The van der Waals surface area contributed by atoms with E-state index in [9.17, 15) is 4.79 Å². The number of nitrogens with one attached hydrogen (secondary N) is 1. The average Bonchev–Trinajstić information content (AvgIpc) is 2.80. The van der Waals surface area contributed by atoms with Crippen molar-refractivity contribution < 1.29 is 4.79 Å². The van der Waals surface area contributed by atoms with Crippen molar-refractivity contribution in [1.29, 1.82) is 0 Å². The molecule has 1 saturated heterocycles. The smallest absolute Gasteiger partial charge is 0.285 e. The number of nitrogens with zero attached hydrogens (tertiary/aromatic N) is 1. The second-order valence-electron chi connectivity index (χ2n) is 5.13. The molecule has 122 valence electrons. The lowest BCUT2D eigenvalue weighted by molar-refractivity contribution is -0.121. The van der Waals surface area contributed by atoms with Crippen molar-refractivity contribution in [3.05, 3.63) is 68.5 Å². The number of hydrogen-bond acceptors (Lipinski definition) is 4. The van der Waals surface area contributed by atoms with Gasteiger partial charge in [0.05, 0.1) is 10.6 Å². The summed E-state index contributed by atoms with van der Waals surface area (Å²) in [5.74, 6) is -0.235. The third-order valence-corrected chi connectivity index (χ3v) is 5.32. The quantitative estimate of drug-likeness (QED) is 0.547. The summed E-state index contributed by atoms with van der Waals surface area (Å²) in [6.45, 7) is 2.00. The molecule has 3 nitrogen and oxygen atoms in total. The Morgan fingerprint density at radius 3 is 2.38 bits per heavy atom. The number of amides is 1. The van der Waals surface area contributed by atoms with E-state index in [0.717, 1.165) is 11.3 Å². The molecule has 3 rings (SSSR count). The van der Waals surface area contributed by atoms with Gasteiger partial charge < -0.3 is 0 Å². The number of thiocarbonyl (C=S) groups is 1. The van der Waals surface area contributed by atoms with Gasteiger partial charge in [-0.1, -0.05) is 58.7 Å². The van der Waals surface area contributed by atoms with Gasteiger partial charge in [0.15, 0.2) is 4.32 Å². The van der Waals surface area contributed by atoms with E-state index in [0.29, 0.717) is 24.8 Å². The van der Waals surface area contributed by atoms with Crippen molar-refractivity contribution >= 4 is 69.2 Å². The number of benzene rings is 2. The topological polar surface area (TPSA) is 32.3 Å². The minimum atomic E-state index is -0.235. The Hall–Kier alpha value is -1.53. The molecule has 2 aromatic carbocycles. The van der Waals surface area contributed by atoms with Crippen LogP contribution in [0.1, 0.15) is 11.1 Å². The summed E-state index contributed by atoms with van der Waals surface area (Å²) in [5.41, 5.74) is 5.56. The van der Waals surface area contributed by atoms with Gasteiger partial charge in [-0.15, -0.1) is 0 Å². The second kappa shape index (κ2) is 7.15. The van der Waals surface area contributed by atoms with Crippen LogP contribution >= 0.6 is 47.2 Å². The van der Waals surface area contributed by atoms with E-state index in [1.807, 2.05) is 31.2 Å². The molecule has 1 fully saturated rings. The monoisotopic (exact) mass is 394 g/mol. The Labute approximate surface area is 159 Å². The molecule has 7 heteroatoms. The van der Waals surface area contributed by atoms with Crippen molar-refractivity contribution in [2.24, 2.45) is 0 Å². The maximum Gasteiger partial charge on any atom is 0.285 e. The summed E-state index contributed by atoms with van der Waals surface area (Å²) >= 11 is 18.8. The highest BCUT2D eigenvalue weighted by Crippen LogP contribution is 2.35. The van der Waals surface area contributed by atoms with Gasteiger partial charge in [-0.3, -0.25) is 10.2 Å². The molecule has 0 aromatic heterocycles. The van der Waals surface area contributed by atoms with E-state index in [-0.39, 0.29) is 5.91 Å². The van der Waals surface area contributed by atoms with Crippen LogP contribution < -0.4 is 5.43 Å². The van der Waals surface area contributed by atoms with Crippen LogP contribution in [-0.4, -0.2) is 15.2 Å². The highest BCUT2D eigenvalue weighted by atomic mass is 35.5. The molecule has 1 aliphatic heterocycles. The Bertz CT molecular complexity index is 830. The van der Waals surface area contributed by atoms with Crippen LogP contribution in [0, 0.1) is 6.92 Å². The Morgan fingerprint density at radius 1 is 1.12 bits per heavy atom. The first kappa shape index (κ1) is 17.3. The predicted octanol–water partition coefficient (Wildman–Crippen LogP) is 5.53. The van der Waals surface area contributed by atoms with Crippen LogP contribution in [-0.2, 0) is 4.79 Å². The zero-order valence-electron chi connectivity index (χ0n) is 12.5. The zero-order chi connectivity index (χ0) is 17.3. The molecule has 2 aromatic rings. The number of carbonyl (C=O) groups excluding carboxylic acids is 1. The van der Waals surface area contributed by atoms with E-state index in [2.05, 4.69) is 5.43 Å². The van der Waals surface area contributed by atoms with E-state index >= 15 is 0 Å². The zero-order valence-corrected chi connectivity index (χ0v) is 15.7. The molecule has 0 radical (unpaired) electrons. The summed E-state index contributed by atoms with van der Waals surface area (Å²) < 4.78 is 0.426. The lowest BCUT2D eigenvalue weighted by Crippen LogP contribution is -2.33. The molecular weight excluding hydrogens is 383 g/mol. The molecule has 1 amide bonds. The SMILES string of the molecule is Cc1ccc(NN2C(=O)/C(=C\c3c(Cl)cccc3Cl)SC2=S)cc1. The first-order chi connectivity index (χ1) is 11.5. The van der Waals surface area contributed by atoms with Gasteiger partial charge in [0.25, 0.3) is 5.91 Å². The number of hydrogen-bond donors (Lipinski definition) is 1. The lowest BCUT2D eigenvalue weighted by atomic mass is 10.2. The van der Waals surface area contributed by atoms with Crippen molar-refractivity contribution in [3.8, 4) is 0 Å². The molecule has 24 heavy (non-hydrogen) atoms. The van der Waals surface area contributed by atoms with Gasteiger partial charge in [-0.25, -0.2) is 5.01 Å². The number of thioether (sulfide) groups is 1. The Kier molecular flexibility index (Phi) is 5.15. The molecule has 0 bridgehead atoms. The standard InChI is InChI=1S/C17H12Cl2N2OS2/c1-10-5-7-11(8-6-10)20-21-16(22)15(24-17(21)23)9-12-13(18)3-2-4-14(12)19/h2-9,20H,1H3/b15-9+. The van der Waals surface area contributed by atoms with Gasteiger partial charge in [0.2, 0.25) is 0 Å². The van der Waals surface area contributed by atoms with Crippen LogP contribution in [0.2, 0.25) is 10.0 Å². The van der Waals surface area contributed by atoms with Gasteiger partial charge in [0, 0.05) is 15.6 Å². The molecule has 0 saturated carbocycles. The summed E-state index contributed by atoms with van der Waals surface area (Å²) in [6.07, 6.45) is 1.67. The van der Waals surface area contributed by atoms with Gasteiger partial charge in [-0.05, 0) is 49.5 Å². The van der Waals surface area contributed by atoms with Crippen LogP contribution in [0.3, 0.4) is 0 Å². The van der Waals surface area contributed by atoms with Gasteiger partial charge in [-0.2, -0.15) is 0 Å². The van der Waals surface area contributed by atoms with Crippen LogP contribution in [0.15, 0.2) is 47.4 Å². The Morgan fingerprint density at radius 2 is 1.75 bits per heavy atom. The summed E-state index contributed by atoms with van der Waals surface area (Å²) in [7, 11) is 0. The van der Waals surface area contributed by atoms with Gasteiger partial charge >= 0.3 is 0 Å². The number of carbonyl (C=O) groups is 1. The first-order valence-electron chi connectivity index (χ1n) is 7.01. The molecule has 0 aliphatic carbocycles. The maximum atomic E-state index is 12.6. The van der Waals surface area contributed by atoms with Gasteiger partial charge in [0.1, 0.15) is 0 Å². The average molecular weight is 395 g/mol. The van der Waals surface area contributed by atoms with Crippen LogP contribution in [0.5, 0.6) is 0 Å². The van der Waals surface area contributed by atoms with E-state index in [4.69, 9.17) is 35.4 Å². The molecular formula is C17H12Cl2N2OS2. The molecule has 1 heterocycles. The van der Waals surface area contributed by atoms with Crippen molar-refractivity contribution in [2.45, 2.75) is 6.92 Å². The van der Waals surface area contributed by atoms with E-state index in [1.54, 1.807) is 24.3 Å². The number of halogens is 2. The fraction of sp³-hybridized carbons (Fsp3) is 0.0588. The highest BCUT2D eigenvalue weighted by Gasteiger charge is 2.32. The number of aryl methyl sites for hydroxylation is 1. The number of rotatable bonds is 3. The normalized spacial score (nSPS) is 16.1. The fourth-order valence-electron chi connectivity index (χ4n) is 2.10. The third-order valence-electron chi connectivity index (χ3n) is 3.36. The maximum absolute atomic E-state index is 12.6. The second-order valence-corrected chi connectivity index (χ2v) is 7.62. The largest absolute Gasteiger partial charge is 0.290 e. The molecule has 1 aliphatic rings. The predicted molar refractivity (Wildman–Crippen MR) is 106 cm³/mol. The minimum absolute atomic E-state index is 0.235. The summed E-state index contributed by atoms with van der Waals surface area (Å²) in [6, 6.07) is 12.9. The highest BCUT2D eigenvalue weighted by molar-refractivity contribution is 8.26. The minimum Gasteiger partial charge on any atom is -0.290 e. The molecule has 1 N–H and O–H groups in total. The van der Waals surface area contributed by atoms with Crippen molar-refractivity contribution in [1.82, 2.24) is 5.01 Å². The lowest BCUT2D eigenvalue weighted by Gasteiger charge is -2.17. The summed E-state index contributed by atoms with van der Waals surface area (Å²) in [5, 5.41) is 2.32. The molecule has 0 atom stereocenters. The number of anilines is 1. The number of hydrazine groups is 1. The van der Waals surface area contributed by atoms with E-state index in [1.165, 1.54) is 16.8 Å². The summed E-state index contributed by atoms with van der Waals surface area (Å²) in [4.78, 5) is 13.1. The third kappa shape index (κ3) is 3.59. The molecule has 0 unspecified atom stereocenters. The Balaban J connectivity index is 1.86. The fourth-order valence-corrected chi connectivity index (χ4v) is 3.77. The van der Waals surface area contributed by atoms with Crippen LogP contribution in [0.25, 0.3) is 6.08 Å². The first-order valence-corrected chi connectivity index (χ1v) is 8.99. The molecule has 0 spiro atoms. The van der Waals surface area contributed by atoms with Crippen molar-refractivity contribution in [2.75, 3.05) is 5.43 Å². The van der Waals surface area contributed by atoms with Crippen molar-refractivity contribution in [3.63, 3.8) is 0 Å². The van der Waals surface area contributed by atoms with Crippen LogP contribution in [0.4, 0.5) is 5.69 Å². The van der Waals surface area contributed by atoms with E-state index < -0.39 is 0 Å².